The van der Waals surface area contributed by atoms with E-state index >= 15 is 0 Å². The van der Waals surface area contributed by atoms with Crippen LogP contribution >= 0.6 is 0 Å². The van der Waals surface area contributed by atoms with E-state index in [4.69, 9.17) is 0 Å². The molecule has 0 fully saturated rings. The summed E-state index contributed by atoms with van der Waals surface area (Å²) in [5, 5.41) is 0. The second-order valence-corrected chi connectivity index (χ2v) is 4.89. The number of aryl methyl sites for hydroxylation is 1. The highest BCUT2D eigenvalue weighted by Gasteiger charge is 2.33. The van der Waals surface area contributed by atoms with E-state index in [0.29, 0.717) is 6.42 Å². The first-order valence-corrected chi connectivity index (χ1v) is 6.51. The van der Waals surface area contributed by atoms with Crippen LogP contribution in [0.5, 0.6) is 0 Å². The van der Waals surface area contributed by atoms with Gasteiger partial charge in [-0.15, -0.1) is 0 Å². The first kappa shape index (κ1) is 13.5. The number of carbonyl (C=O) groups is 2. The van der Waals surface area contributed by atoms with Crippen molar-refractivity contribution in [3.05, 3.63) is 47.5 Å². The SMILES string of the molecule is COC(=O)/C=C\[C@@]1(CC=O)CCCc2ccccc21. The molecule has 0 saturated heterocycles. The predicted molar refractivity (Wildman–Crippen MR) is 72.9 cm³/mol. The minimum atomic E-state index is -0.381. The number of ether oxygens (including phenoxy) is 1. The van der Waals surface area contributed by atoms with Gasteiger partial charge in [0.05, 0.1) is 7.11 Å². The Kier molecular flexibility index (Phi) is 4.15. The predicted octanol–water partition coefficient (Wildman–Crippen LogP) is 2.58. The molecule has 1 atom stereocenters. The topological polar surface area (TPSA) is 43.4 Å². The maximum absolute atomic E-state index is 11.3. The number of esters is 1. The maximum Gasteiger partial charge on any atom is 0.330 e. The summed E-state index contributed by atoms with van der Waals surface area (Å²) in [5.74, 6) is -0.381. The van der Waals surface area contributed by atoms with E-state index in [1.165, 1.54) is 18.7 Å². The zero-order valence-corrected chi connectivity index (χ0v) is 11.1. The lowest BCUT2D eigenvalue weighted by Gasteiger charge is -2.35. The molecule has 3 nitrogen and oxygen atoms in total. The first-order chi connectivity index (χ1) is 9.22. The number of rotatable bonds is 4. The Bertz CT molecular complexity index is 504. The van der Waals surface area contributed by atoms with E-state index in [-0.39, 0.29) is 11.4 Å². The third kappa shape index (κ3) is 2.75. The highest BCUT2D eigenvalue weighted by molar-refractivity contribution is 5.82. The molecule has 0 aliphatic heterocycles. The number of hydrogen-bond donors (Lipinski definition) is 0. The van der Waals surface area contributed by atoms with Gasteiger partial charge in [0, 0.05) is 17.9 Å². The van der Waals surface area contributed by atoms with Crippen LogP contribution in [0, 0.1) is 0 Å². The molecule has 0 N–H and O–H groups in total. The zero-order chi connectivity index (χ0) is 13.7. The molecular weight excluding hydrogens is 240 g/mol. The number of carbonyl (C=O) groups excluding carboxylic acids is 2. The van der Waals surface area contributed by atoms with Crippen molar-refractivity contribution in [2.75, 3.05) is 7.11 Å². The molecule has 0 amide bonds. The standard InChI is InChI=1S/C16H18O3/c1-19-15(18)8-10-16(11-12-17)9-4-6-13-5-2-3-7-14(13)16/h2-3,5,7-8,10,12H,4,6,9,11H2,1H3/b10-8-/t16-/m1/s1. The summed E-state index contributed by atoms with van der Waals surface area (Å²) < 4.78 is 4.64. The van der Waals surface area contributed by atoms with Crippen LogP contribution in [0.4, 0.5) is 0 Å². The van der Waals surface area contributed by atoms with Crippen molar-refractivity contribution in [2.45, 2.75) is 31.1 Å². The van der Waals surface area contributed by atoms with Gasteiger partial charge in [0.15, 0.2) is 0 Å². The molecule has 0 saturated carbocycles. The van der Waals surface area contributed by atoms with E-state index in [1.807, 2.05) is 18.2 Å². The number of hydrogen-bond acceptors (Lipinski definition) is 3. The molecule has 3 heteroatoms. The van der Waals surface area contributed by atoms with Crippen molar-refractivity contribution in [2.24, 2.45) is 0 Å². The number of benzene rings is 1. The third-order valence-electron chi connectivity index (χ3n) is 3.81. The van der Waals surface area contributed by atoms with E-state index < -0.39 is 0 Å². The Morgan fingerprint density at radius 3 is 2.95 bits per heavy atom. The number of fused-ring (bicyclic) bond motifs is 1. The Labute approximate surface area is 113 Å². The minimum absolute atomic E-state index is 0.356. The Morgan fingerprint density at radius 2 is 2.21 bits per heavy atom. The van der Waals surface area contributed by atoms with E-state index in [1.54, 1.807) is 0 Å². The molecule has 100 valence electrons. The molecule has 0 radical (unpaired) electrons. The normalized spacial score (nSPS) is 21.9. The first-order valence-electron chi connectivity index (χ1n) is 6.51. The Balaban J connectivity index is 2.43. The van der Waals surface area contributed by atoms with Crippen LogP contribution in [-0.2, 0) is 26.2 Å². The fourth-order valence-corrected chi connectivity index (χ4v) is 2.85. The van der Waals surface area contributed by atoms with E-state index in [9.17, 15) is 9.59 Å². The van der Waals surface area contributed by atoms with Gasteiger partial charge in [-0.3, -0.25) is 0 Å². The highest BCUT2D eigenvalue weighted by atomic mass is 16.5. The molecule has 1 aliphatic rings. The van der Waals surface area contributed by atoms with Crippen molar-refractivity contribution in [3.8, 4) is 0 Å². The Hall–Kier alpha value is -1.90. The van der Waals surface area contributed by atoms with Gasteiger partial charge in [0.1, 0.15) is 6.29 Å². The molecule has 0 bridgehead atoms. The third-order valence-corrected chi connectivity index (χ3v) is 3.81. The van der Waals surface area contributed by atoms with Crippen LogP contribution in [-0.4, -0.2) is 19.4 Å². The number of methoxy groups -OCH3 is 1. The van der Waals surface area contributed by atoms with Crippen molar-refractivity contribution < 1.29 is 14.3 Å². The molecular formula is C16H18O3. The van der Waals surface area contributed by atoms with Crippen LogP contribution in [0.1, 0.15) is 30.4 Å². The average Bonchev–Trinajstić information content (AvgIpc) is 2.45. The van der Waals surface area contributed by atoms with Gasteiger partial charge in [-0.1, -0.05) is 30.3 Å². The number of allylic oxidation sites excluding steroid dienone is 1. The summed E-state index contributed by atoms with van der Waals surface area (Å²) in [6.07, 6.45) is 7.55. The van der Waals surface area contributed by atoms with Crippen LogP contribution < -0.4 is 0 Å². The minimum Gasteiger partial charge on any atom is -0.466 e. The molecule has 0 heterocycles. The maximum atomic E-state index is 11.3. The smallest absolute Gasteiger partial charge is 0.330 e. The van der Waals surface area contributed by atoms with Crippen molar-refractivity contribution in [1.82, 2.24) is 0 Å². The lowest BCUT2D eigenvalue weighted by atomic mass is 9.68. The summed E-state index contributed by atoms with van der Waals surface area (Å²) in [6.45, 7) is 0. The van der Waals surface area contributed by atoms with Gasteiger partial charge in [-0.2, -0.15) is 0 Å². The number of aldehydes is 1. The van der Waals surface area contributed by atoms with E-state index in [0.717, 1.165) is 31.1 Å². The van der Waals surface area contributed by atoms with Crippen LogP contribution in [0.15, 0.2) is 36.4 Å². The van der Waals surface area contributed by atoms with Crippen molar-refractivity contribution >= 4 is 12.3 Å². The van der Waals surface area contributed by atoms with Crippen LogP contribution in [0.25, 0.3) is 0 Å². The molecule has 0 unspecified atom stereocenters. The highest BCUT2D eigenvalue weighted by Crippen LogP contribution is 2.40. The van der Waals surface area contributed by atoms with Gasteiger partial charge >= 0.3 is 5.97 Å². The average molecular weight is 258 g/mol. The molecule has 0 aromatic heterocycles. The van der Waals surface area contributed by atoms with Crippen molar-refractivity contribution in [3.63, 3.8) is 0 Å². The van der Waals surface area contributed by atoms with Gasteiger partial charge in [0.2, 0.25) is 0 Å². The largest absolute Gasteiger partial charge is 0.466 e. The monoisotopic (exact) mass is 258 g/mol. The van der Waals surface area contributed by atoms with Crippen molar-refractivity contribution in [1.29, 1.82) is 0 Å². The molecule has 1 aromatic rings. The lowest BCUT2D eigenvalue weighted by Crippen LogP contribution is -2.29. The molecule has 1 aromatic carbocycles. The molecule has 0 spiro atoms. The second kappa shape index (κ2) is 5.83. The second-order valence-electron chi connectivity index (χ2n) is 4.89. The summed E-state index contributed by atoms with van der Waals surface area (Å²) in [7, 11) is 1.36. The lowest BCUT2D eigenvalue weighted by molar-refractivity contribution is -0.134. The fraction of sp³-hybridized carbons (Fsp3) is 0.375. The van der Waals surface area contributed by atoms with Gasteiger partial charge in [0.25, 0.3) is 0 Å². The molecule has 2 rings (SSSR count). The summed E-state index contributed by atoms with van der Waals surface area (Å²) in [6, 6.07) is 8.15. The van der Waals surface area contributed by atoms with Gasteiger partial charge in [-0.25, -0.2) is 4.79 Å². The summed E-state index contributed by atoms with van der Waals surface area (Å²) >= 11 is 0. The summed E-state index contributed by atoms with van der Waals surface area (Å²) in [5.41, 5.74) is 2.07. The zero-order valence-electron chi connectivity index (χ0n) is 11.1. The molecule has 19 heavy (non-hydrogen) atoms. The van der Waals surface area contributed by atoms with Crippen LogP contribution in [0.3, 0.4) is 0 Å². The quantitative estimate of drug-likeness (QED) is 0.473. The summed E-state index contributed by atoms with van der Waals surface area (Å²) in [4.78, 5) is 22.4. The van der Waals surface area contributed by atoms with Gasteiger partial charge in [-0.05, 0) is 30.4 Å². The molecule has 1 aliphatic carbocycles. The van der Waals surface area contributed by atoms with E-state index in [2.05, 4.69) is 16.9 Å². The van der Waals surface area contributed by atoms with Gasteiger partial charge < -0.3 is 9.53 Å². The fourth-order valence-electron chi connectivity index (χ4n) is 2.85. The van der Waals surface area contributed by atoms with Crippen LogP contribution in [0.2, 0.25) is 0 Å². The Morgan fingerprint density at radius 1 is 1.42 bits per heavy atom.